The highest BCUT2D eigenvalue weighted by atomic mass is 16.4. The zero-order chi connectivity index (χ0) is 15.3. The van der Waals surface area contributed by atoms with Crippen molar-refractivity contribution in [3.63, 3.8) is 0 Å². The van der Waals surface area contributed by atoms with E-state index in [2.05, 4.69) is 5.10 Å². The van der Waals surface area contributed by atoms with Crippen molar-refractivity contribution in [1.82, 2.24) is 14.7 Å². The quantitative estimate of drug-likeness (QED) is 0.819. The Balaban J connectivity index is 2.85. The van der Waals surface area contributed by atoms with Crippen LogP contribution in [0.2, 0.25) is 0 Å². The number of carbonyl (C=O) groups is 2. The van der Waals surface area contributed by atoms with Crippen molar-refractivity contribution < 1.29 is 14.7 Å². The van der Waals surface area contributed by atoms with E-state index in [1.54, 1.807) is 4.90 Å². The summed E-state index contributed by atoms with van der Waals surface area (Å²) in [6, 6.07) is 2.60. The summed E-state index contributed by atoms with van der Waals surface area (Å²) in [4.78, 5) is 35.7. The van der Waals surface area contributed by atoms with Crippen LogP contribution in [0.25, 0.3) is 0 Å². The lowest BCUT2D eigenvalue weighted by Crippen LogP contribution is -2.39. The van der Waals surface area contributed by atoms with Gasteiger partial charge >= 0.3 is 5.97 Å². The molecule has 20 heavy (non-hydrogen) atoms. The molecular weight excluding hydrogens is 262 g/mol. The number of rotatable bonds is 6. The Morgan fingerprint density at radius 2 is 2.05 bits per heavy atom. The standard InChI is InChI=1S/C13H19N3O4/c1-9(2)16(8-4-5-12(18)19)13(20)10-6-7-11(17)15(3)14-10/h6-7,9H,4-5,8H2,1-3H3,(H,18,19). The molecule has 1 N–H and O–H groups in total. The summed E-state index contributed by atoms with van der Waals surface area (Å²) in [6.07, 6.45) is 0.391. The van der Waals surface area contributed by atoms with Gasteiger partial charge in [-0.25, -0.2) is 4.68 Å². The predicted octanol–water partition coefficient (Wildman–Crippen LogP) is 0.496. The molecule has 0 atom stereocenters. The second-order valence-electron chi connectivity index (χ2n) is 4.77. The van der Waals surface area contributed by atoms with Gasteiger partial charge in [0.1, 0.15) is 5.69 Å². The minimum atomic E-state index is -0.888. The Bertz CT molecular complexity index is 551. The fourth-order valence-electron chi connectivity index (χ4n) is 1.76. The van der Waals surface area contributed by atoms with Crippen LogP contribution in [0.1, 0.15) is 37.2 Å². The molecular formula is C13H19N3O4. The van der Waals surface area contributed by atoms with Crippen molar-refractivity contribution in [2.45, 2.75) is 32.7 Å². The van der Waals surface area contributed by atoms with E-state index in [9.17, 15) is 14.4 Å². The molecule has 1 rings (SSSR count). The summed E-state index contributed by atoms with van der Waals surface area (Å²) < 4.78 is 1.10. The van der Waals surface area contributed by atoms with Gasteiger partial charge in [-0.1, -0.05) is 0 Å². The Hall–Kier alpha value is -2.18. The first-order chi connectivity index (χ1) is 9.32. The van der Waals surface area contributed by atoms with Gasteiger partial charge in [0.15, 0.2) is 0 Å². The fourth-order valence-corrected chi connectivity index (χ4v) is 1.76. The number of aryl methyl sites for hydroxylation is 1. The van der Waals surface area contributed by atoms with Gasteiger partial charge in [-0.2, -0.15) is 5.10 Å². The molecule has 0 unspecified atom stereocenters. The Kier molecular flexibility index (Phi) is 5.42. The molecule has 0 spiro atoms. The maximum Gasteiger partial charge on any atom is 0.303 e. The summed E-state index contributed by atoms with van der Waals surface area (Å²) in [7, 11) is 1.48. The molecule has 0 aromatic carbocycles. The van der Waals surface area contributed by atoms with Gasteiger partial charge in [-0.3, -0.25) is 14.4 Å². The third-order valence-corrected chi connectivity index (χ3v) is 2.85. The first kappa shape index (κ1) is 15.9. The highest BCUT2D eigenvalue weighted by molar-refractivity contribution is 5.92. The number of hydrogen-bond donors (Lipinski definition) is 1. The Morgan fingerprint density at radius 1 is 1.40 bits per heavy atom. The molecule has 7 nitrogen and oxygen atoms in total. The topological polar surface area (TPSA) is 92.5 Å². The second kappa shape index (κ2) is 6.83. The molecule has 0 saturated heterocycles. The van der Waals surface area contributed by atoms with Gasteiger partial charge in [-0.05, 0) is 26.3 Å². The summed E-state index contributed by atoms with van der Waals surface area (Å²) in [6.45, 7) is 4.04. The van der Waals surface area contributed by atoms with Crippen LogP contribution < -0.4 is 5.56 Å². The molecule has 0 aliphatic heterocycles. The summed E-state index contributed by atoms with van der Waals surface area (Å²) in [5, 5.41) is 12.5. The minimum absolute atomic E-state index is 0.0111. The van der Waals surface area contributed by atoms with Crippen LogP contribution in [0.4, 0.5) is 0 Å². The SMILES string of the molecule is CC(C)N(CCCC(=O)O)C(=O)c1ccc(=O)n(C)n1. The van der Waals surface area contributed by atoms with Crippen molar-refractivity contribution in [3.8, 4) is 0 Å². The van der Waals surface area contributed by atoms with Crippen LogP contribution >= 0.6 is 0 Å². The molecule has 0 radical (unpaired) electrons. The van der Waals surface area contributed by atoms with Crippen LogP contribution in [-0.4, -0.2) is 44.3 Å². The Labute approximate surface area is 116 Å². The second-order valence-corrected chi connectivity index (χ2v) is 4.77. The van der Waals surface area contributed by atoms with Crippen molar-refractivity contribution in [1.29, 1.82) is 0 Å². The fraction of sp³-hybridized carbons (Fsp3) is 0.538. The minimum Gasteiger partial charge on any atom is -0.481 e. The van der Waals surface area contributed by atoms with Gasteiger partial charge in [0, 0.05) is 32.1 Å². The predicted molar refractivity (Wildman–Crippen MR) is 72.5 cm³/mol. The van der Waals surface area contributed by atoms with E-state index in [4.69, 9.17) is 5.11 Å². The molecule has 1 heterocycles. The van der Waals surface area contributed by atoms with Gasteiger partial charge in [0.05, 0.1) is 0 Å². The molecule has 0 fully saturated rings. The average Bonchev–Trinajstić information content (AvgIpc) is 2.36. The number of aromatic nitrogens is 2. The highest BCUT2D eigenvalue weighted by Gasteiger charge is 2.20. The van der Waals surface area contributed by atoms with Gasteiger partial charge in [0.25, 0.3) is 11.5 Å². The van der Waals surface area contributed by atoms with Crippen molar-refractivity contribution in [2.24, 2.45) is 7.05 Å². The van der Waals surface area contributed by atoms with E-state index < -0.39 is 5.97 Å². The lowest BCUT2D eigenvalue weighted by atomic mass is 10.2. The number of carbonyl (C=O) groups excluding carboxylic acids is 1. The van der Waals surface area contributed by atoms with E-state index in [0.717, 1.165) is 4.68 Å². The third kappa shape index (κ3) is 4.18. The number of carboxylic acid groups (broad SMARTS) is 1. The van der Waals surface area contributed by atoms with E-state index in [1.807, 2.05) is 13.8 Å². The Morgan fingerprint density at radius 3 is 2.55 bits per heavy atom. The highest BCUT2D eigenvalue weighted by Crippen LogP contribution is 2.07. The summed E-state index contributed by atoms with van der Waals surface area (Å²) >= 11 is 0. The zero-order valence-electron chi connectivity index (χ0n) is 11.9. The van der Waals surface area contributed by atoms with Crippen molar-refractivity contribution in [3.05, 3.63) is 28.2 Å². The first-order valence-electron chi connectivity index (χ1n) is 6.40. The van der Waals surface area contributed by atoms with Crippen LogP contribution in [0.3, 0.4) is 0 Å². The maximum absolute atomic E-state index is 12.3. The monoisotopic (exact) mass is 281 g/mol. The summed E-state index contributed by atoms with van der Waals surface area (Å²) in [5.74, 6) is -1.19. The molecule has 0 aliphatic carbocycles. The molecule has 0 saturated carbocycles. The normalized spacial score (nSPS) is 10.6. The first-order valence-corrected chi connectivity index (χ1v) is 6.40. The molecule has 0 bridgehead atoms. The van der Waals surface area contributed by atoms with Gasteiger partial charge in [0.2, 0.25) is 0 Å². The number of amides is 1. The molecule has 1 aromatic heterocycles. The van der Waals surface area contributed by atoms with Crippen LogP contribution in [-0.2, 0) is 11.8 Å². The molecule has 0 aliphatic rings. The summed E-state index contributed by atoms with van der Waals surface area (Å²) in [5.41, 5.74) is -0.111. The largest absolute Gasteiger partial charge is 0.481 e. The van der Waals surface area contributed by atoms with E-state index in [1.165, 1.54) is 19.2 Å². The van der Waals surface area contributed by atoms with E-state index >= 15 is 0 Å². The molecule has 1 amide bonds. The number of carboxylic acids is 1. The van der Waals surface area contributed by atoms with Gasteiger partial charge < -0.3 is 10.0 Å². The average molecular weight is 281 g/mol. The van der Waals surface area contributed by atoms with Crippen LogP contribution in [0, 0.1) is 0 Å². The third-order valence-electron chi connectivity index (χ3n) is 2.85. The van der Waals surface area contributed by atoms with E-state index in [-0.39, 0.29) is 29.6 Å². The van der Waals surface area contributed by atoms with Crippen LogP contribution in [0.5, 0.6) is 0 Å². The van der Waals surface area contributed by atoms with Crippen molar-refractivity contribution in [2.75, 3.05) is 6.54 Å². The number of hydrogen-bond acceptors (Lipinski definition) is 4. The smallest absolute Gasteiger partial charge is 0.303 e. The molecule has 1 aromatic rings. The zero-order valence-corrected chi connectivity index (χ0v) is 11.9. The molecule has 7 heteroatoms. The molecule has 110 valence electrons. The van der Waals surface area contributed by atoms with E-state index in [0.29, 0.717) is 13.0 Å². The lowest BCUT2D eigenvalue weighted by molar-refractivity contribution is -0.137. The van der Waals surface area contributed by atoms with Crippen molar-refractivity contribution >= 4 is 11.9 Å². The van der Waals surface area contributed by atoms with Gasteiger partial charge in [-0.15, -0.1) is 0 Å². The number of aliphatic carboxylic acids is 1. The lowest BCUT2D eigenvalue weighted by Gasteiger charge is -2.26. The van der Waals surface area contributed by atoms with Crippen LogP contribution in [0.15, 0.2) is 16.9 Å². The number of nitrogens with zero attached hydrogens (tertiary/aromatic N) is 3. The maximum atomic E-state index is 12.3.